The number of carboxylic acid groups (broad SMARTS) is 1. The second-order valence-corrected chi connectivity index (χ2v) is 5.79. The van der Waals surface area contributed by atoms with E-state index >= 15 is 0 Å². The van der Waals surface area contributed by atoms with Crippen molar-refractivity contribution >= 4 is 16.8 Å². The summed E-state index contributed by atoms with van der Waals surface area (Å²) >= 11 is 0. The van der Waals surface area contributed by atoms with E-state index in [-0.39, 0.29) is 5.82 Å². The van der Waals surface area contributed by atoms with Gasteiger partial charge in [-0.3, -0.25) is 9.00 Å². The van der Waals surface area contributed by atoms with Gasteiger partial charge in [-0.2, -0.15) is 0 Å². The Morgan fingerprint density at radius 2 is 1.75 bits per heavy atom. The monoisotopic (exact) mass is 292 g/mol. The Hall–Kier alpha value is -2.01. The molecule has 0 saturated carbocycles. The van der Waals surface area contributed by atoms with Crippen molar-refractivity contribution in [2.24, 2.45) is 0 Å². The molecule has 2 atom stereocenters. The summed E-state index contributed by atoms with van der Waals surface area (Å²) in [7, 11) is -1.51. The van der Waals surface area contributed by atoms with Gasteiger partial charge in [-0.25, -0.2) is 4.39 Å². The zero-order valence-corrected chi connectivity index (χ0v) is 11.6. The molecule has 2 unspecified atom stereocenters. The lowest BCUT2D eigenvalue weighted by atomic mass is 10.0. The second-order valence-electron chi connectivity index (χ2n) is 4.32. The first kappa shape index (κ1) is 14.4. The van der Waals surface area contributed by atoms with E-state index in [9.17, 15) is 13.4 Å². The predicted octanol–water partition coefficient (Wildman–Crippen LogP) is 3.00. The van der Waals surface area contributed by atoms with E-state index in [0.29, 0.717) is 16.7 Å². The third-order valence-electron chi connectivity index (χ3n) is 2.95. The van der Waals surface area contributed by atoms with Crippen molar-refractivity contribution in [1.29, 1.82) is 0 Å². The minimum Gasteiger partial charge on any atom is -0.480 e. The van der Waals surface area contributed by atoms with Crippen molar-refractivity contribution in [3.8, 4) is 11.1 Å². The number of halogens is 1. The summed E-state index contributed by atoms with van der Waals surface area (Å²) in [5.41, 5.74) is 1.54. The van der Waals surface area contributed by atoms with E-state index in [1.807, 2.05) is 0 Å². The summed E-state index contributed by atoms with van der Waals surface area (Å²) in [5.74, 6) is -1.47. The lowest BCUT2D eigenvalue weighted by Gasteiger charge is -2.11. The summed E-state index contributed by atoms with van der Waals surface area (Å²) in [6, 6.07) is 12.8. The van der Waals surface area contributed by atoms with Crippen LogP contribution in [-0.2, 0) is 15.6 Å². The molecule has 2 aromatic rings. The van der Waals surface area contributed by atoms with Gasteiger partial charge < -0.3 is 5.11 Å². The van der Waals surface area contributed by atoms with Crippen LogP contribution in [0.4, 0.5) is 4.39 Å². The highest BCUT2D eigenvalue weighted by Crippen LogP contribution is 2.26. The Bertz CT molecular complexity index is 638. The third-order valence-corrected chi connectivity index (χ3v) is 4.09. The molecule has 3 nitrogen and oxygen atoms in total. The summed E-state index contributed by atoms with van der Waals surface area (Å²) in [6.45, 7) is 0. The van der Waals surface area contributed by atoms with Crippen molar-refractivity contribution in [1.82, 2.24) is 0 Å². The maximum absolute atomic E-state index is 13.6. The van der Waals surface area contributed by atoms with Crippen LogP contribution in [0.5, 0.6) is 0 Å². The first-order chi connectivity index (χ1) is 9.50. The Morgan fingerprint density at radius 3 is 2.25 bits per heavy atom. The molecule has 1 N–H and O–H groups in total. The first-order valence-electron chi connectivity index (χ1n) is 5.90. The summed E-state index contributed by atoms with van der Waals surface area (Å²) in [6.07, 6.45) is 1.35. The molecule has 0 aromatic heterocycles. The molecule has 0 fully saturated rings. The Morgan fingerprint density at radius 1 is 1.15 bits per heavy atom. The second kappa shape index (κ2) is 5.96. The molecule has 5 heteroatoms. The van der Waals surface area contributed by atoms with Crippen LogP contribution in [0.1, 0.15) is 10.8 Å². The van der Waals surface area contributed by atoms with Gasteiger partial charge >= 0.3 is 5.97 Å². The van der Waals surface area contributed by atoms with Crippen LogP contribution in [-0.4, -0.2) is 21.5 Å². The van der Waals surface area contributed by atoms with Gasteiger partial charge in [-0.05, 0) is 17.2 Å². The van der Waals surface area contributed by atoms with Crippen LogP contribution in [0.3, 0.4) is 0 Å². The van der Waals surface area contributed by atoms with Crippen LogP contribution in [0.25, 0.3) is 11.1 Å². The highest BCUT2D eigenvalue weighted by atomic mass is 32.2. The molecule has 104 valence electrons. The Balaban J connectivity index is 2.38. The average Bonchev–Trinajstić information content (AvgIpc) is 2.39. The molecule has 0 aliphatic rings. The Kier molecular flexibility index (Phi) is 4.29. The summed E-state index contributed by atoms with van der Waals surface area (Å²) in [5, 5.41) is 8.01. The number of carboxylic acids is 1. The van der Waals surface area contributed by atoms with Crippen LogP contribution >= 0.6 is 0 Å². The van der Waals surface area contributed by atoms with E-state index in [1.165, 1.54) is 12.3 Å². The third kappa shape index (κ3) is 2.93. The maximum Gasteiger partial charge on any atom is 0.323 e. The van der Waals surface area contributed by atoms with Crippen LogP contribution in [0.15, 0.2) is 48.5 Å². The fourth-order valence-electron chi connectivity index (χ4n) is 2.01. The molecule has 0 saturated heterocycles. The van der Waals surface area contributed by atoms with Gasteiger partial charge in [-0.15, -0.1) is 0 Å². The normalized spacial score (nSPS) is 13.7. The van der Waals surface area contributed by atoms with Gasteiger partial charge in [0.25, 0.3) is 0 Å². The van der Waals surface area contributed by atoms with E-state index in [1.54, 1.807) is 42.5 Å². The number of aliphatic carboxylic acids is 1. The number of benzene rings is 2. The minimum absolute atomic E-state index is 0.339. The number of hydrogen-bond donors (Lipinski definition) is 1. The Labute approximate surface area is 118 Å². The van der Waals surface area contributed by atoms with E-state index < -0.39 is 22.0 Å². The molecule has 2 aromatic carbocycles. The van der Waals surface area contributed by atoms with Crippen LogP contribution < -0.4 is 0 Å². The summed E-state index contributed by atoms with van der Waals surface area (Å²) in [4.78, 5) is 11.1. The molecular formula is C15H13FO3S. The zero-order valence-electron chi connectivity index (χ0n) is 10.7. The molecular weight excluding hydrogens is 279 g/mol. The molecule has 2 rings (SSSR count). The number of carbonyl (C=O) groups is 1. The fraction of sp³-hybridized carbons (Fsp3) is 0.133. The molecule has 0 aliphatic carbocycles. The minimum atomic E-state index is -1.51. The number of rotatable bonds is 4. The SMILES string of the molecule is CS(=O)C(C(=O)O)c1ccc(-c2ccccc2F)cc1. The van der Waals surface area contributed by atoms with Crippen molar-refractivity contribution in [3.63, 3.8) is 0 Å². The summed E-state index contributed by atoms with van der Waals surface area (Å²) < 4.78 is 25.1. The van der Waals surface area contributed by atoms with Gasteiger partial charge in [0.2, 0.25) is 0 Å². The maximum atomic E-state index is 13.6. The van der Waals surface area contributed by atoms with Gasteiger partial charge in [0.1, 0.15) is 5.82 Å². The molecule has 0 heterocycles. The van der Waals surface area contributed by atoms with Crippen molar-refractivity contribution in [3.05, 3.63) is 59.9 Å². The first-order valence-corrected chi connectivity index (χ1v) is 7.52. The predicted molar refractivity (Wildman–Crippen MR) is 76.3 cm³/mol. The fourth-order valence-corrected chi connectivity index (χ4v) is 2.83. The zero-order chi connectivity index (χ0) is 14.7. The smallest absolute Gasteiger partial charge is 0.323 e. The quantitative estimate of drug-likeness (QED) is 0.942. The van der Waals surface area contributed by atoms with Crippen LogP contribution in [0.2, 0.25) is 0 Å². The average molecular weight is 292 g/mol. The van der Waals surface area contributed by atoms with Gasteiger partial charge in [0, 0.05) is 22.6 Å². The highest BCUT2D eigenvalue weighted by Gasteiger charge is 2.23. The lowest BCUT2D eigenvalue weighted by Crippen LogP contribution is -2.16. The van der Waals surface area contributed by atoms with E-state index in [2.05, 4.69) is 0 Å². The molecule has 0 amide bonds. The molecule has 0 radical (unpaired) electrons. The van der Waals surface area contributed by atoms with Crippen molar-refractivity contribution in [2.75, 3.05) is 6.26 Å². The molecule has 20 heavy (non-hydrogen) atoms. The highest BCUT2D eigenvalue weighted by molar-refractivity contribution is 7.85. The van der Waals surface area contributed by atoms with Crippen molar-refractivity contribution in [2.45, 2.75) is 5.25 Å². The standard InChI is InChI=1S/C15H13FO3S/c1-20(19)14(15(17)18)11-8-6-10(7-9-11)12-4-2-3-5-13(12)16/h2-9,14H,1H3,(H,17,18). The lowest BCUT2D eigenvalue weighted by molar-refractivity contribution is -0.136. The molecule has 0 aliphatic heterocycles. The molecule has 0 bridgehead atoms. The topological polar surface area (TPSA) is 54.4 Å². The van der Waals surface area contributed by atoms with Crippen molar-refractivity contribution < 1.29 is 18.5 Å². The van der Waals surface area contributed by atoms with E-state index in [4.69, 9.17) is 5.11 Å². The van der Waals surface area contributed by atoms with Crippen LogP contribution in [0, 0.1) is 5.82 Å². The van der Waals surface area contributed by atoms with E-state index in [0.717, 1.165) is 0 Å². The number of hydrogen-bond acceptors (Lipinski definition) is 2. The molecule has 0 spiro atoms. The van der Waals surface area contributed by atoms with Gasteiger partial charge in [0.05, 0.1) is 0 Å². The van der Waals surface area contributed by atoms with Gasteiger partial charge in [-0.1, -0.05) is 42.5 Å². The largest absolute Gasteiger partial charge is 0.480 e. The van der Waals surface area contributed by atoms with Gasteiger partial charge in [0.15, 0.2) is 5.25 Å².